The Kier molecular flexibility index (Phi) is 4.75. The average molecular weight is 300 g/mol. The molecule has 0 saturated carbocycles. The van der Waals surface area contributed by atoms with E-state index >= 15 is 0 Å². The van der Waals surface area contributed by atoms with Gasteiger partial charge in [0.1, 0.15) is 11.9 Å². The lowest BCUT2D eigenvalue weighted by molar-refractivity contribution is -0.108. The molecule has 1 N–H and O–H groups in total. The molecule has 2 rings (SSSR count). The van der Waals surface area contributed by atoms with Gasteiger partial charge in [0.15, 0.2) is 0 Å². The van der Waals surface area contributed by atoms with Gasteiger partial charge in [-0.15, -0.1) is 0 Å². The maximum Gasteiger partial charge on any atom is 0.408 e. The van der Waals surface area contributed by atoms with Crippen LogP contribution in [0, 0.1) is 0 Å². The predicted molar refractivity (Wildman–Crippen MR) is 84.5 cm³/mol. The Morgan fingerprint density at radius 2 is 2.14 bits per heavy atom. The molecule has 1 aromatic carbocycles. The van der Waals surface area contributed by atoms with Crippen LogP contribution >= 0.6 is 0 Å². The number of carbonyl (C=O) groups is 2. The van der Waals surface area contributed by atoms with Gasteiger partial charge >= 0.3 is 6.09 Å². The Morgan fingerprint density at radius 1 is 1.36 bits per heavy atom. The van der Waals surface area contributed by atoms with Crippen molar-refractivity contribution in [2.24, 2.45) is 0 Å². The molecule has 2 aromatic rings. The minimum atomic E-state index is -0.580. The van der Waals surface area contributed by atoms with E-state index in [0.29, 0.717) is 0 Å². The third kappa shape index (κ3) is 4.28. The standard InChI is InChI=1S/C17H20N2O3/c1-17(2,3)22-16(21)19-15(8-10-20)13-6-7-14-12(11-13)5-4-9-18-14/h4-7,9-11,15H,8H2,1-3H3,(H,19,21)/t15-/m1/s1. The number of nitrogens with zero attached hydrogens (tertiary/aromatic N) is 1. The minimum absolute atomic E-state index is 0.186. The molecule has 22 heavy (non-hydrogen) atoms. The summed E-state index contributed by atoms with van der Waals surface area (Å²) in [6.07, 6.45) is 2.16. The van der Waals surface area contributed by atoms with Crippen LogP contribution in [-0.2, 0) is 9.53 Å². The van der Waals surface area contributed by atoms with E-state index in [0.717, 1.165) is 22.8 Å². The maximum atomic E-state index is 11.9. The van der Waals surface area contributed by atoms with Crippen LogP contribution in [-0.4, -0.2) is 23.0 Å². The number of amides is 1. The van der Waals surface area contributed by atoms with Crippen molar-refractivity contribution in [3.05, 3.63) is 42.1 Å². The van der Waals surface area contributed by atoms with Crippen molar-refractivity contribution < 1.29 is 14.3 Å². The summed E-state index contributed by atoms with van der Waals surface area (Å²) in [5.74, 6) is 0. The topological polar surface area (TPSA) is 68.3 Å². The number of nitrogens with one attached hydrogen (secondary N) is 1. The number of rotatable bonds is 4. The van der Waals surface area contributed by atoms with Gasteiger partial charge in [-0.3, -0.25) is 4.98 Å². The lowest BCUT2D eigenvalue weighted by Gasteiger charge is -2.23. The number of alkyl carbamates (subject to hydrolysis) is 1. The fraction of sp³-hybridized carbons (Fsp3) is 0.353. The summed E-state index contributed by atoms with van der Waals surface area (Å²) in [6.45, 7) is 5.38. The molecule has 0 aliphatic carbocycles. The number of aromatic nitrogens is 1. The van der Waals surface area contributed by atoms with E-state index in [1.54, 1.807) is 27.0 Å². The van der Waals surface area contributed by atoms with Gasteiger partial charge < -0.3 is 14.8 Å². The Bertz CT molecular complexity index is 677. The van der Waals surface area contributed by atoms with Crippen molar-refractivity contribution in [3.63, 3.8) is 0 Å². The molecule has 0 aliphatic rings. The zero-order chi connectivity index (χ0) is 16.2. The number of hydrogen-bond acceptors (Lipinski definition) is 4. The summed E-state index contributed by atoms with van der Waals surface area (Å²) in [4.78, 5) is 27.1. The van der Waals surface area contributed by atoms with E-state index in [4.69, 9.17) is 4.74 Å². The number of pyridine rings is 1. The fourth-order valence-electron chi connectivity index (χ4n) is 2.14. The molecule has 116 valence electrons. The zero-order valence-electron chi connectivity index (χ0n) is 13.0. The van der Waals surface area contributed by atoms with E-state index in [1.807, 2.05) is 30.3 Å². The highest BCUT2D eigenvalue weighted by Gasteiger charge is 2.20. The summed E-state index contributed by atoms with van der Waals surface area (Å²) in [5.41, 5.74) is 1.13. The smallest absolute Gasteiger partial charge is 0.408 e. The van der Waals surface area contributed by atoms with E-state index < -0.39 is 17.7 Å². The molecule has 0 spiro atoms. The molecule has 1 heterocycles. The Hall–Kier alpha value is -2.43. The molecule has 0 saturated heterocycles. The molecule has 0 aliphatic heterocycles. The van der Waals surface area contributed by atoms with Crippen LogP contribution in [0.25, 0.3) is 10.9 Å². The normalized spacial score (nSPS) is 12.7. The van der Waals surface area contributed by atoms with Gasteiger partial charge in [-0.2, -0.15) is 0 Å². The molecule has 0 bridgehead atoms. The van der Waals surface area contributed by atoms with Gasteiger partial charge in [-0.1, -0.05) is 12.1 Å². The lowest BCUT2D eigenvalue weighted by Crippen LogP contribution is -2.35. The van der Waals surface area contributed by atoms with Crippen LogP contribution in [0.1, 0.15) is 38.8 Å². The van der Waals surface area contributed by atoms with Crippen LogP contribution in [0.4, 0.5) is 4.79 Å². The minimum Gasteiger partial charge on any atom is -0.444 e. The van der Waals surface area contributed by atoms with E-state index in [1.165, 1.54) is 0 Å². The summed E-state index contributed by atoms with van der Waals surface area (Å²) in [7, 11) is 0. The fourth-order valence-corrected chi connectivity index (χ4v) is 2.14. The van der Waals surface area contributed by atoms with Gasteiger partial charge in [0, 0.05) is 18.0 Å². The highest BCUT2D eigenvalue weighted by molar-refractivity contribution is 5.79. The molecule has 1 aromatic heterocycles. The summed E-state index contributed by atoms with van der Waals surface area (Å²) >= 11 is 0. The summed E-state index contributed by atoms with van der Waals surface area (Å²) in [6, 6.07) is 9.03. The Balaban J connectivity index is 2.22. The molecular weight excluding hydrogens is 280 g/mol. The van der Waals surface area contributed by atoms with Crippen LogP contribution in [0.15, 0.2) is 36.5 Å². The SMILES string of the molecule is CC(C)(C)OC(=O)N[C@H](CC=O)c1ccc2ncccc2c1. The van der Waals surface area contributed by atoms with Crippen molar-refractivity contribution >= 4 is 23.3 Å². The van der Waals surface area contributed by atoms with Crippen molar-refractivity contribution in [2.45, 2.75) is 38.8 Å². The van der Waals surface area contributed by atoms with Crippen molar-refractivity contribution in [1.29, 1.82) is 0 Å². The van der Waals surface area contributed by atoms with Crippen molar-refractivity contribution in [1.82, 2.24) is 10.3 Å². The van der Waals surface area contributed by atoms with Gasteiger partial charge in [-0.25, -0.2) is 4.79 Å². The second-order valence-electron chi connectivity index (χ2n) is 6.06. The number of carbonyl (C=O) groups excluding carboxylic acids is 2. The molecule has 1 amide bonds. The Labute approximate surface area is 129 Å². The first kappa shape index (κ1) is 15.9. The first-order valence-corrected chi connectivity index (χ1v) is 7.17. The number of ether oxygens (including phenoxy) is 1. The molecule has 0 radical (unpaired) electrons. The first-order chi connectivity index (χ1) is 10.4. The van der Waals surface area contributed by atoms with Gasteiger partial charge in [0.2, 0.25) is 0 Å². The van der Waals surface area contributed by atoms with Crippen LogP contribution in [0.5, 0.6) is 0 Å². The average Bonchev–Trinajstić information content (AvgIpc) is 2.44. The summed E-state index contributed by atoms with van der Waals surface area (Å²) in [5, 5.41) is 3.70. The van der Waals surface area contributed by atoms with Crippen LogP contribution in [0.3, 0.4) is 0 Å². The first-order valence-electron chi connectivity index (χ1n) is 7.17. The van der Waals surface area contributed by atoms with Crippen molar-refractivity contribution in [3.8, 4) is 0 Å². The maximum absolute atomic E-state index is 11.9. The predicted octanol–water partition coefficient (Wildman–Crippen LogP) is 3.39. The second-order valence-corrected chi connectivity index (χ2v) is 6.06. The van der Waals surface area contributed by atoms with Crippen LogP contribution < -0.4 is 5.32 Å². The zero-order valence-corrected chi connectivity index (χ0v) is 13.0. The number of hydrogen-bond donors (Lipinski definition) is 1. The largest absolute Gasteiger partial charge is 0.444 e. The third-order valence-electron chi connectivity index (χ3n) is 3.05. The monoisotopic (exact) mass is 300 g/mol. The third-order valence-corrected chi connectivity index (χ3v) is 3.05. The molecule has 5 heteroatoms. The van der Waals surface area contributed by atoms with Gasteiger partial charge in [0.05, 0.1) is 11.6 Å². The van der Waals surface area contributed by atoms with E-state index in [2.05, 4.69) is 10.3 Å². The second kappa shape index (κ2) is 6.56. The Morgan fingerprint density at radius 3 is 2.82 bits per heavy atom. The summed E-state index contributed by atoms with van der Waals surface area (Å²) < 4.78 is 5.25. The highest BCUT2D eigenvalue weighted by atomic mass is 16.6. The molecule has 5 nitrogen and oxygen atoms in total. The molecule has 0 unspecified atom stereocenters. The number of fused-ring (bicyclic) bond motifs is 1. The van der Waals surface area contributed by atoms with E-state index in [-0.39, 0.29) is 6.42 Å². The quantitative estimate of drug-likeness (QED) is 0.879. The molecule has 1 atom stereocenters. The highest BCUT2D eigenvalue weighted by Crippen LogP contribution is 2.21. The van der Waals surface area contributed by atoms with Crippen molar-refractivity contribution in [2.75, 3.05) is 0 Å². The molecular formula is C17H20N2O3. The van der Waals surface area contributed by atoms with Gasteiger partial charge in [0.25, 0.3) is 0 Å². The lowest BCUT2D eigenvalue weighted by atomic mass is 10.0. The number of aldehydes is 1. The van der Waals surface area contributed by atoms with E-state index in [9.17, 15) is 9.59 Å². The molecule has 0 fully saturated rings. The van der Waals surface area contributed by atoms with Crippen LogP contribution in [0.2, 0.25) is 0 Å². The van der Waals surface area contributed by atoms with Gasteiger partial charge in [-0.05, 0) is 44.5 Å². The number of benzene rings is 1.